The van der Waals surface area contributed by atoms with Crippen molar-refractivity contribution in [2.24, 2.45) is 5.73 Å². The maximum absolute atomic E-state index is 5.77. The van der Waals surface area contributed by atoms with E-state index in [0.29, 0.717) is 18.3 Å². The zero-order chi connectivity index (χ0) is 14.4. The van der Waals surface area contributed by atoms with E-state index in [1.54, 1.807) is 0 Å². The van der Waals surface area contributed by atoms with Crippen LogP contribution >= 0.6 is 0 Å². The molecule has 1 fully saturated rings. The van der Waals surface area contributed by atoms with E-state index in [0.717, 1.165) is 45.5 Å². The molecule has 114 valence electrons. The molecule has 0 radical (unpaired) electrons. The fourth-order valence-electron chi connectivity index (χ4n) is 2.61. The summed E-state index contributed by atoms with van der Waals surface area (Å²) in [5.74, 6) is 1.48. The van der Waals surface area contributed by atoms with Gasteiger partial charge in [0, 0.05) is 19.6 Å². The van der Waals surface area contributed by atoms with Crippen LogP contribution in [0.15, 0.2) is 4.52 Å². The third-order valence-electron chi connectivity index (χ3n) is 3.71. The number of hydrogen-bond donors (Lipinski definition) is 1. The van der Waals surface area contributed by atoms with E-state index in [-0.39, 0.29) is 12.0 Å². The first kappa shape index (κ1) is 15.4. The summed E-state index contributed by atoms with van der Waals surface area (Å²) in [5, 5.41) is 4.09. The van der Waals surface area contributed by atoms with E-state index in [1.165, 1.54) is 0 Å². The van der Waals surface area contributed by atoms with E-state index >= 15 is 0 Å². The van der Waals surface area contributed by atoms with Crippen molar-refractivity contribution in [1.82, 2.24) is 15.0 Å². The van der Waals surface area contributed by atoms with E-state index in [4.69, 9.17) is 15.0 Å². The zero-order valence-electron chi connectivity index (χ0n) is 12.5. The molecule has 0 saturated carbocycles. The Morgan fingerprint density at radius 1 is 1.40 bits per heavy atom. The van der Waals surface area contributed by atoms with Gasteiger partial charge in [-0.05, 0) is 19.4 Å². The highest BCUT2D eigenvalue weighted by atomic mass is 16.5. The molecule has 2 rings (SSSR count). The molecule has 1 aromatic rings. The average molecular weight is 282 g/mol. The van der Waals surface area contributed by atoms with Crippen LogP contribution in [-0.4, -0.2) is 47.8 Å². The standard InChI is InChI=1S/C14H26N4O2/c1-3-5-11(9-15)14-16-13(17-20-14)12-10-18(6-4-2)7-8-19-12/h11-12H,3-10,15H2,1-2H3. The Morgan fingerprint density at radius 3 is 2.95 bits per heavy atom. The van der Waals surface area contributed by atoms with Crippen molar-refractivity contribution < 1.29 is 9.26 Å². The molecule has 2 unspecified atom stereocenters. The van der Waals surface area contributed by atoms with Crippen LogP contribution in [0.3, 0.4) is 0 Å². The third kappa shape index (κ3) is 3.77. The molecular formula is C14H26N4O2. The van der Waals surface area contributed by atoms with Crippen LogP contribution in [-0.2, 0) is 4.74 Å². The molecule has 2 atom stereocenters. The summed E-state index contributed by atoms with van der Waals surface area (Å²) in [6.07, 6.45) is 3.11. The Labute approximate surface area is 120 Å². The van der Waals surface area contributed by atoms with Gasteiger partial charge in [-0.3, -0.25) is 4.90 Å². The van der Waals surface area contributed by atoms with Crippen molar-refractivity contribution in [3.8, 4) is 0 Å². The lowest BCUT2D eigenvalue weighted by atomic mass is 10.0. The smallest absolute Gasteiger partial charge is 0.231 e. The maximum atomic E-state index is 5.77. The number of aromatic nitrogens is 2. The van der Waals surface area contributed by atoms with Crippen molar-refractivity contribution in [3.63, 3.8) is 0 Å². The molecule has 6 heteroatoms. The van der Waals surface area contributed by atoms with Crippen LogP contribution in [0.4, 0.5) is 0 Å². The van der Waals surface area contributed by atoms with Gasteiger partial charge in [0.15, 0.2) is 0 Å². The Morgan fingerprint density at radius 2 is 2.25 bits per heavy atom. The topological polar surface area (TPSA) is 77.4 Å². The Kier molecular flexibility index (Phi) is 5.94. The summed E-state index contributed by atoms with van der Waals surface area (Å²) in [4.78, 5) is 6.89. The molecular weight excluding hydrogens is 256 g/mol. The van der Waals surface area contributed by atoms with Crippen LogP contribution in [0, 0.1) is 0 Å². The number of rotatable bonds is 7. The largest absolute Gasteiger partial charge is 0.367 e. The van der Waals surface area contributed by atoms with Gasteiger partial charge in [0.05, 0.1) is 12.5 Å². The van der Waals surface area contributed by atoms with Crippen molar-refractivity contribution in [3.05, 3.63) is 11.7 Å². The molecule has 2 N–H and O–H groups in total. The summed E-state index contributed by atoms with van der Waals surface area (Å²) >= 11 is 0. The highest BCUT2D eigenvalue weighted by Gasteiger charge is 2.27. The number of nitrogens with two attached hydrogens (primary N) is 1. The molecule has 1 aromatic heterocycles. The molecule has 20 heavy (non-hydrogen) atoms. The second kappa shape index (κ2) is 7.71. The van der Waals surface area contributed by atoms with Crippen LogP contribution in [0.25, 0.3) is 0 Å². The first-order valence-corrected chi connectivity index (χ1v) is 7.66. The molecule has 0 aliphatic carbocycles. The first-order valence-electron chi connectivity index (χ1n) is 7.66. The lowest BCUT2D eigenvalue weighted by molar-refractivity contribution is -0.0350. The summed E-state index contributed by atoms with van der Waals surface area (Å²) < 4.78 is 11.1. The van der Waals surface area contributed by atoms with Gasteiger partial charge < -0.3 is 15.0 Å². The van der Waals surface area contributed by atoms with Crippen LogP contribution in [0.1, 0.15) is 56.8 Å². The predicted octanol–water partition coefficient (Wildman–Crippen LogP) is 1.70. The minimum atomic E-state index is -0.0761. The van der Waals surface area contributed by atoms with Gasteiger partial charge in [0.2, 0.25) is 11.7 Å². The fraction of sp³-hybridized carbons (Fsp3) is 0.857. The molecule has 1 aliphatic heterocycles. The molecule has 1 aliphatic rings. The van der Waals surface area contributed by atoms with E-state index in [2.05, 4.69) is 28.9 Å². The van der Waals surface area contributed by atoms with E-state index in [1.807, 2.05) is 0 Å². The molecule has 0 bridgehead atoms. The Hall–Kier alpha value is -0.980. The highest BCUT2D eigenvalue weighted by molar-refractivity contribution is 4.98. The third-order valence-corrected chi connectivity index (χ3v) is 3.71. The SMILES string of the molecule is CCCC(CN)c1nc(C2CN(CCC)CCO2)no1. The van der Waals surface area contributed by atoms with Crippen molar-refractivity contribution in [2.75, 3.05) is 32.8 Å². The van der Waals surface area contributed by atoms with Gasteiger partial charge in [0.25, 0.3) is 0 Å². The van der Waals surface area contributed by atoms with Gasteiger partial charge in [-0.2, -0.15) is 4.98 Å². The molecule has 2 heterocycles. The van der Waals surface area contributed by atoms with E-state index in [9.17, 15) is 0 Å². The van der Waals surface area contributed by atoms with Crippen molar-refractivity contribution in [2.45, 2.75) is 45.1 Å². The summed E-state index contributed by atoms with van der Waals surface area (Å²) in [6.45, 7) is 8.50. The highest BCUT2D eigenvalue weighted by Crippen LogP contribution is 2.23. The number of morpholine rings is 1. The van der Waals surface area contributed by atoms with Gasteiger partial charge in [0.1, 0.15) is 6.10 Å². The van der Waals surface area contributed by atoms with Gasteiger partial charge >= 0.3 is 0 Å². The number of hydrogen-bond acceptors (Lipinski definition) is 6. The van der Waals surface area contributed by atoms with Crippen molar-refractivity contribution >= 4 is 0 Å². The lowest BCUT2D eigenvalue weighted by Crippen LogP contribution is -2.39. The van der Waals surface area contributed by atoms with Gasteiger partial charge in [-0.25, -0.2) is 0 Å². The van der Waals surface area contributed by atoms with Crippen LogP contribution < -0.4 is 5.73 Å². The van der Waals surface area contributed by atoms with Crippen LogP contribution in [0.5, 0.6) is 0 Å². The average Bonchev–Trinajstić information content (AvgIpc) is 2.95. The Balaban J connectivity index is 2.00. The molecule has 0 amide bonds. The monoisotopic (exact) mass is 282 g/mol. The quantitative estimate of drug-likeness (QED) is 0.820. The normalized spacial score (nSPS) is 22.1. The molecule has 6 nitrogen and oxygen atoms in total. The number of ether oxygens (including phenoxy) is 1. The minimum absolute atomic E-state index is 0.0761. The Bertz CT molecular complexity index is 394. The second-order valence-corrected chi connectivity index (χ2v) is 5.37. The summed E-state index contributed by atoms with van der Waals surface area (Å²) in [6, 6.07) is 0. The summed E-state index contributed by atoms with van der Waals surface area (Å²) in [5.41, 5.74) is 5.77. The van der Waals surface area contributed by atoms with Gasteiger partial charge in [-0.1, -0.05) is 25.4 Å². The predicted molar refractivity (Wildman–Crippen MR) is 76.4 cm³/mol. The zero-order valence-corrected chi connectivity index (χ0v) is 12.5. The molecule has 1 saturated heterocycles. The van der Waals surface area contributed by atoms with Crippen molar-refractivity contribution in [1.29, 1.82) is 0 Å². The molecule has 0 aromatic carbocycles. The van der Waals surface area contributed by atoms with Gasteiger partial charge in [-0.15, -0.1) is 0 Å². The van der Waals surface area contributed by atoms with E-state index < -0.39 is 0 Å². The second-order valence-electron chi connectivity index (χ2n) is 5.37. The molecule has 0 spiro atoms. The summed E-state index contributed by atoms with van der Waals surface area (Å²) in [7, 11) is 0. The fourth-order valence-corrected chi connectivity index (χ4v) is 2.61. The lowest BCUT2D eigenvalue weighted by Gasteiger charge is -2.30. The first-order chi connectivity index (χ1) is 9.78. The number of nitrogens with zero attached hydrogens (tertiary/aromatic N) is 3. The maximum Gasteiger partial charge on any atom is 0.231 e. The van der Waals surface area contributed by atoms with Crippen LogP contribution in [0.2, 0.25) is 0 Å². The minimum Gasteiger partial charge on any atom is -0.367 e.